The normalized spacial score (nSPS) is 17.8. The minimum atomic E-state index is -2.61. The van der Waals surface area contributed by atoms with Gasteiger partial charge in [0.05, 0.1) is 0 Å². The zero-order valence-corrected chi connectivity index (χ0v) is 11.5. The highest BCUT2D eigenvalue weighted by Crippen LogP contribution is 2.34. The number of fused-ring (bicyclic) bond motifs is 1. The van der Waals surface area contributed by atoms with E-state index in [1.165, 1.54) is 12.4 Å². The Morgan fingerprint density at radius 3 is 3.10 bits per heavy atom. The second kappa shape index (κ2) is 5.81. The molecular weight excluding hydrogens is 276 g/mol. The Labute approximate surface area is 121 Å². The van der Waals surface area contributed by atoms with Gasteiger partial charge in [-0.05, 0) is 36.5 Å². The van der Waals surface area contributed by atoms with Gasteiger partial charge in [0.15, 0.2) is 5.82 Å². The van der Waals surface area contributed by atoms with E-state index in [2.05, 4.69) is 4.98 Å². The third-order valence-electron chi connectivity index (χ3n) is 3.83. The van der Waals surface area contributed by atoms with Gasteiger partial charge in [-0.25, -0.2) is 4.98 Å². The third-order valence-corrected chi connectivity index (χ3v) is 3.83. The smallest absolute Gasteiger partial charge is 0.320 e. The number of nitrogens with two attached hydrogens (primary N) is 1. The van der Waals surface area contributed by atoms with Crippen molar-refractivity contribution in [2.75, 3.05) is 0 Å². The molecule has 0 spiro atoms. The second-order valence-corrected chi connectivity index (χ2v) is 5.14. The number of aromatic nitrogens is 2. The molecule has 0 radical (unpaired) electrons. The Hall–Kier alpha value is -1.95. The molecule has 1 aromatic heterocycles. The van der Waals surface area contributed by atoms with Crippen LogP contribution in [0.25, 0.3) is 0 Å². The largest absolute Gasteiger partial charge is 0.485 e. The zero-order chi connectivity index (χ0) is 14.8. The minimum Gasteiger partial charge on any atom is -0.485 e. The third kappa shape index (κ3) is 2.76. The number of ether oxygens (including phenoxy) is 1. The lowest BCUT2D eigenvalue weighted by Gasteiger charge is -2.24. The first kappa shape index (κ1) is 14.0. The van der Waals surface area contributed by atoms with Crippen LogP contribution in [-0.4, -0.2) is 9.55 Å². The molecule has 3 rings (SSSR count). The van der Waals surface area contributed by atoms with Gasteiger partial charge in [0.2, 0.25) is 0 Å². The molecule has 1 aromatic carbocycles. The van der Waals surface area contributed by atoms with E-state index in [0.29, 0.717) is 5.75 Å². The molecule has 6 heteroatoms. The fraction of sp³-hybridized carbons (Fsp3) is 0.400. The van der Waals surface area contributed by atoms with Gasteiger partial charge in [-0.15, -0.1) is 0 Å². The maximum Gasteiger partial charge on any atom is 0.320 e. The molecule has 21 heavy (non-hydrogen) atoms. The zero-order valence-electron chi connectivity index (χ0n) is 11.5. The lowest BCUT2D eigenvalue weighted by atomic mass is 9.88. The molecule has 1 heterocycles. The van der Waals surface area contributed by atoms with Crippen LogP contribution < -0.4 is 10.5 Å². The van der Waals surface area contributed by atoms with E-state index in [0.717, 1.165) is 35.0 Å². The molecule has 4 nitrogen and oxygen atoms in total. The fourth-order valence-electron chi connectivity index (χ4n) is 2.76. The van der Waals surface area contributed by atoms with E-state index >= 15 is 0 Å². The molecule has 1 aliphatic carbocycles. The van der Waals surface area contributed by atoms with Crippen molar-refractivity contribution >= 4 is 0 Å². The lowest BCUT2D eigenvalue weighted by Crippen LogP contribution is -2.18. The maximum atomic E-state index is 12.8. The van der Waals surface area contributed by atoms with Crippen LogP contribution in [0.2, 0.25) is 0 Å². The van der Waals surface area contributed by atoms with Gasteiger partial charge >= 0.3 is 6.55 Å². The van der Waals surface area contributed by atoms with Gasteiger partial charge in [0, 0.05) is 18.4 Å². The molecule has 2 aromatic rings. The molecular formula is C15H17F2N3O. The average molecular weight is 293 g/mol. The van der Waals surface area contributed by atoms with Crippen molar-refractivity contribution in [1.29, 1.82) is 0 Å². The quantitative estimate of drug-likeness (QED) is 0.942. The number of halogens is 2. The lowest BCUT2D eigenvalue weighted by molar-refractivity contribution is 0.0632. The number of hydrogen-bond donors (Lipinski definition) is 1. The van der Waals surface area contributed by atoms with E-state index in [9.17, 15) is 8.78 Å². The van der Waals surface area contributed by atoms with E-state index in [4.69, 9.17) is 10.5 Å². The molecule has 2 N–H and O–H groups in total. The molecule has 0 fully saturated rings. The molecule has 0 aliphatic heterocycles. The van der Waals surface area contributed by atoms with Gasteiger partial charge in [-0.3, -0.25) is 4.57 Å². The van der Waals surface area contributed by atoms with Crippen molar-refractivity contribution in [1.82, 2.24) is 9.55 Å². The molecule has 1 atom stereocenters. The standard InChI is InChI=1S/C15H17F2N3O/c16-15(17)20-8-7-19-14(20)9-21-13-6-2-3-10-11(13)4-1-5-12(10)18/h2-3,6-8,12,15H,1,4-5,9,18H2. The summed E-state index contributed by atoms with van der Waals surface area (Å²) in [5.41, 5.74) is 8.28. The summed E-state index contributed by atoms with van der Waals surface area (Å²) in [5.74, 6) is 0.925. The Morgan fingerprint density at radius 2 is 2.29 bits per heavy atom. The first-order chi connectivity index (χ1) is 10.2. The van der Waals surface area contributed by atoms with E-state index in [1.54, 1.807) is 0 Å². The van der Waals surface area contributed by atoms with Crippen molar-refractivity contribution in [2.45, 2.75) is 38.5 Å². The van der Waals surface area contributed by atoms with Crippen LogP contribution in [0.3, 0.4) is 0 Å². The van der Waals surface area contributed by atoms with Gasteiger partial charge in [-0.1, -0.05) is 12.1 Å². The number of hydrogen-bond acceptors (Lipinski definition) is 3. The molecule has 112 valence electrons. The van der Waals surface area contributed by atoms with Crippen LogP contribution in [0.1, 0.15) is 42.4 Å². The number of imidazole rings is 1. The Bertz CT molecular complexity index is 627. The molecule has 0 bridgehead atoms. The Balaban J connectivity index is 1.80. The Morgan fingerprint density at radius 1 is 1.43 bits per heavy atom. The van der Waals surface area contributed by atoms with Crippen LogP contribution in [0.5, 0.6) is 5.75 Å². The predicted octanol–water partition coefficient (Wildman–Crippen LogP) is 3.19. The van der Waals surface area contributed by atoms with Crippen molar-refractivity contribution in [3.05, 3.63) is 47.5 Å². The van der Waals surface area contributed by atoms with Crippen molar-refractivity contribution in [2.24, 2.45) is 5.73 Å². The predicted molar refractivity (Wildman–Crippen MR) is 74.1 cm³/mol. The van der Waals surface area contributed by atoms with Gasteiger partial charge in [0.25, 0.3) is 0 Å². The minimum absolute atomic E-state index is 0.0169. The van der Waals surface area contributed by atoms with Crippen LogP contribution in [0.15, 0.2) is 30.6 Å². The number of alkyl halides is 2. The van der Waals surface area contributed by atoms with E-state index in [1.807, 2.05) is 18.2 Å². The van der Waals surface area contributed by atoms with Crippen LogP contribution >= 0.6 is 0 Å². The summed E-state index contributed by atoms with van der Waals surface area (Å²) >= 11 is 0. The maximum absolute atomic E-state index is 12.8. The molecule has 0 saturated carbocycles. The van der Waals surface area contributed by atoms with Gasteiger partial charge < -0.3 is 10.5 Å². The van der Waals surface area contributed by atoms with Crippen LogP contribution in [-0.2, 0) is 13.0 Å². The number of rotatable bonds is 4. The summed E-state index contributed by atoms with van der Waals surface area (Å²) in [6.07, 6.45) is 5.48. The van der Waals surface area contributed by atoms with Crippen LogP contribution in [0.4, 0.5) is 8.78 Å². The molecule has 0 saturated heterocycles. The van der Waals surface area contributed by atoms with Crippen molar-refractivity contribution in [3.8, 4) is 5.75 Å². The van der Waals surface area contributed by atoms with E-state index < -0.39 is 6.55 Å². The van der Waals surface area contributed by atoms with Gasteiger partial charge in [-0.2, -0.15) is 8.78 Å². The second-order valence-electron chi connectivity index (χ2n) is 5.14. The molecule has 1 aliphatic rings. The summed E-state index contributed by atoms with van der Waals surface area (Å²) in [5, 5.41) is 0. The summed E-state index contributed by atoms with van der Waals surface area (Å²) in [6, 6.07) is 5.78. The topological polar surface area (TPSA) is 53.1 Å². The highest BCUT2D eigenvalue weighted by molar-refractivity contribution is 5.43. The first-order valence-corrected chi connectivity index (χ1v) is 6.97. The SMILES string of the molecule is NC1CCCc2c(OCc3nccn3C(F)F)cccc21. The first-order valence-electron chi connectivity index (χ1n) is 6.97. The van der Waals surface area contributed by atoms with Gasteiger partial charge in [0.1, 0.15) is 12.4 Å². The average Bonchev–Trinajstić information content (AvgIpc) is 2.94. The fourth-order valence-corrected chi connectivity index (χ4v) is 2.76. The number of nitrogens with zero attached hydrogens (tertiary/aromatic N) is 2. The summed E-state index contributed by atoms with van der Waals surface area (Å²) in [7, 11) is 0. The highest BCUT2D eigenvalue weighted by Gasteiger charge is 2.20. The van der Waals surface area contributed by atoms with E-state index in [-0.39, 0.29) is 18.5 Å². The monoisotopic (exact) mass is 293 g/mol. The Kier molecular flexibility index (Phi) is 3.88. The van der Waals surface area contributed by atoms with Crippen molar-refractivity contribution < 1.29 is 13.5 Å². The van der Waals surface area contributed by atoms with Crippen LogP contribution in [0, 0.1) is 0 Å². The summed E-state index contributed by atoms with van der Waals surface area (Å²) in [4.78, 5) is 3.91. The number of benzene rings is 1. The molecule has 1 unspecified atom stereocenters. The molecule has 0 amide bonds. The summed E-state index contributed by atoms with van der Waals surface area (Å²) < 4.78 is 32.0. The van der Waals surface area contributed by atoms with Crippen molar-refractivity contribution in [3.63, 3.8) is 0 Å². The summed E-state index contributed by atoms with van der Waals surface area (Å²) in [6.45, 7) is -2.59. The highest BCUT2D eigenvalue weighted by atomic mass is 19.3.